The van der Waals surface area contributed by atoms with Gasteiger partial charge in [-0.25, -0.2) is 0 Å². The highest BCUT2D eigenvalue weighted by Gasteiger charge is 2.20. The zero-order chi connectivity index (χ0) is 13.8. The number of aromatic hydroxyl groups is 1. The standard InChI is InChI=1S/C15H23BrN2O/c1-11(2)18(10-14-4-3-7-17-14)9-12-8-13(16)5-6-15(12)19/h5-6,8,11,14,17,19H,3-4,7,9-10H2,1-2H3. The average Bonchev–Trinajstić information content (AvgIpc) is 2.85. The Balaban J connectivity index is 2.04. The van der Waals surface area contributed by atoms with E-state index >= 15 is 0 Å². The van der Waals surface area contributed by atoms with E-state index in [-0.39, 0.29) is 0 Å². The molecule has 3 nitrogen and oxygen atoms in total. The van der Waals surface area contributed by atoms with Gasteiger partial charge < -0.3 is 10.4 Å². The van der Waals surface area contributed by atoms with E-state index in [0.717, 1.165) is 29.7 Å². The highest BCUT2D eigenvalue weighted by molar-refractivity contribution is 9.10. The van der Waals surface area contributed by atoms with E-state index in [0.29, 0.717) is 17.8 Å². The van der Waals surface area contributed by atoms with Crippen molar-refractivity contribution in [2.45, 2.75) is 45.3 Å². The lowest BCUT2D eigenvalue weighted by Gasteiger charge is -2.29. The molecule has 0 saturated carbocycles. The van der Waals surface area contributed by atoms with Crippen molar-refractivity contribution in [2.24, 2.45) is 0 Å². The normalized spacial score (nSPS) is 19.5. The van der Waals surface area contributed by atoms with Gasteiger partial charge in [0.15, 0.2) is 0 Å². The second-order valence-corrected chi connectivity index (χ2v) is 6.51. The van der Waals surface area contributed by atoms with Gasteiger partial charge in [0.1, 0.15) is 5.75 Å². The number of nitrogens with one attached hydrogen (secondary N) is 1. The number of hydrogen-bond acceptors (Lipinski definition) is 3. The third-order valence-corrected chi connectivity index (χ3v) is 4.26. The molecule has 0 spiro atoms. The lowest BCUT2D eigenvalue weighted by atomic mass is 10.1. The quantitative estimate of drug-likeness (QED) is 0.872. The van der Waals surface area contributed by atoms with Crippen LogP contribution in [0, 0.1) is 0 Å². The van der Waals surface area contributed by atoms with E-state index in [1.165, 1.54) is 12.8 Å². The van der Waals surface area contributed by atoms with Crippen LogP contribution in [-0.4, -0.2) is 35.2 Å². The molecule has 1 atom stereocenters. The summed E-state index contributed by atoms with van der Waals surface area (Å²) in [6.07, 6.45) is 2.53. The van der Waals surface area contributed by atoms with E-state index in [4.69, 9.17) is 0 Å². The first-order valence-corrected chi connectivity index (χ1v) is 7.80. The SMILES string of the molecule is CC(C)N(Cc1cc(Br)ccc1O)CC1CCCN1. The third-order valence-electron chi connectivity index (χ3n) is 3.76. The van der Waals surface area contributed by atoms with Crippen molar-refractivity contribution in [1.29, 1.82) is 0 Å². The molecule has 1 aromatic rings. The summed E-state index contributed by atoms with van der Waals surface area (Å²) < 4.78 is 1.02. The molecule has 2 N–H and O–H groups in total. The van der Waals surface area contributed by atoms with Crippen LogP contribution in [0.3, 0.4) is 0 Å². The van der Waals surface area contributed by atoms with Gasteiger partial charge in [-0.1, -0.05) is 15.9 Å². The van der Waals surface area contributed by atoms with Crippen LogP contribution in [-0.2, 0) is 6.54 Å². The van der Waals surface area contributed by atoms with Crippen LogP contribution in [0.5, 0.6) is 5.75 Å². The summed E-state index contributed by atoms with van der Waals surface area (Å²) in [6, 6.07) is 6.70. The molecule has 0 amide bonds. The van der Waals surface area contributed by atoms with Crippen LogP contribution in [0.25, 0.3) is 0 Å². The number of rotatable bonds is 5. The molecule has 1 aliphatic heterocycles. The topological polar surface area (TPSA) is 35.5 Å². The van der Waals surface area contributed by atoms with Crippen molar-refractivity contribution < 1.29 is 5.11 Å². The Morgan fingerprint density at radius 2 is 2.26 bits per heavy atom. The maximum Gasteiger partial charge on any atom is 0.120 e. The Labute approximate surface area is 124 Å². The van der Waals surface area contributed by atoms with E-state index < -0.39 is 0 Å². The molecule has 0 bridgehead atoms. The largest absolute Gasteiger partial charge is 0.508 e. The molecule has 4 heteroatoms. The Morgan fingerprint density at radius 1 is 1.47 bits per heavy atom. The fourth-order valence-corrected chi connectivity index (χ4v) is 2.96. The summed E-state index contributed by atoms with van der Waals surface area (Å²) in [6.45, 7) is 7.40. The molecule has 19 heavy (non-hydrogen) atoms. The Morgan fingerprint density at radius 3 is 2.89 bits per heavy atom. The molecule has 0 radical (unpaired) electrons. The number of phenols is 1. The van der Waals surface area contributed by atoms with E-state index in [2.05, 4.69) is 40.0 Å². The zero-order valence-corrected chi connectivity index (χ0v) is 13.3. The van der Waals surface area contributed by atoms with Crippen molar-refractivity contribution >= 4 is 15.9 Å². The fraction of sp³-hybridized carbons (Fsp3) is 0.600. The van der Waals surface area contributed by atoms with E-state index in [9.17, 15) is 5.11 Å². The first kappa shape index (κ1) is 14.8. The fourth-order valence-electron chi connectivity index (χ4n) is 2.55. The number of hydrogen-bond donors (Lipinski definition) is 2. The first-order valence-electron chi connectivity index (χ1n) is 7.01. The van der Waals surface area contributed by atoms with Gasteiger partial charge in [-0.15, -0.1) is 0 Å². The van der Waals surface area contributed by atoms with Gasteiger partial charge in [-0.2, -0.15) is 0 Å². The van der Waals surface area contributed by atoms with Gasteiger partial charge in [0, 0.05) is 35.2 Å². The minimum atomic E-state index is 0.383. The van der Waals surface area contributed by atoms with Crippen LogP contribution in [0.4, 0.5) is 0 Å². The molecule has 1 fully saturated rings. The van der Waals surface area contributed by atoms with Gasteiger partial charge in [0.05, 0.1) is 0 Å². The van der Waals surface area contributed by atoms with Gasteiger partial charge in [-0.05, 0) is 51.4 Å². The van der Waals surface area contributed by atoms with Crippen LogP contribution in [0.1, 0.15) is 32.3 Å². The zero-order valence-electron chi connectivity index (χ0n) is 11.7. The van der Waals surface area contributed by atoms with Crippen LogP contribution >= 0.6 is 15.9 Å². The van der Waals surface area contributed by atoms with Gasteiger partial charge >= 0.3 is 0 Å². The molecule has 0 aliphatic carbocycles. The summed E-state index contributed by atoms with van der Waals surface area (Å²) in [5.41, 5.74) is 0.987. The second kappa shape index (κ2) is 6.73. The Bertz CT molecular complexity index is 417. The summed E-state index contributed by atoms with van der Waals surface area (Å²) in [4.78, 5) is 2.42. The second-order valence-electron chi connectivity index (χ2n) is 5.59. The predicted molar refractivity (Wildman–Crippen MR) is 82.4 cm³/mol. The number of nitrogens with zero attached hydrogens (tertiary/aromatic N) is 1. The predicted octanol–water partition coefficient (Wildman–Crippen LogP) is 3.12. The number of benzene rings is 1. The monoisotopic (exact) mass is 326 g/mol. The molecule has 0 aromatic heterocycles. The van der Waals surface area contributed by atoms with Crippen molar-refractivity contribution in [3.63, 3.8) is 0 Å². The van der Waals surface area contributed by atoms with Crippen molar-refractivity contribution in [3.8, 4) is 5.75 Å². The molecule has 1 aliphatic rings. The molecular formula is C15H23BrN2O. The maximum atomic E-state index is 9.96. The van der Waals surface area contributed by atoms with E-state index in [1.807, 2.05) is 12.1 Å². The highest BCUT2D eigenvalue weighted by atomic mass is 79.9. The lowest BCUT2D eigenvalue weighted by Crippen LogP contribution is -2.40. The minimum absolute atomic E-state index is 0.383. The van der Waals surface area contributed by atoms with Gasteiger partial charge in [-0.3, -0.25) is 4.90 Å². The molecule has 1 heterocycles. The molecule has 106 valence electrons. The van der Waals surface area contributed by atoms with Gasteiger partial charge in [0.25, 0.3) is 0 Å². The Hall–Kier alpha value is -0.580. The minimum Gasteiger partial charge on any atom is -0.508 e. The summed E-state index contributed by atoms with van der Waals surface area (Å²) in [7, 11) is 0. The molecule has 2 rings (SSSR count). The number of halogens is 1. The molecule has 1 saturated heterocycles. The van der Waals surface area contributed by atoms with Crippen LogP contribution in [0.15, 0.2) is 22.7 Å². The smallest absolute Gasteiger partial charge is 0.120 e. The molecule has 1 unspecified atom stereocenters. The van der Waals surface area contributed by atoms with Crippen LogP contribution < -0.4 is 5.32 Å². The van der Waals surface area contributed by atoms with Crippen molar-refractivity contribution in [2.75, 3.05) is 13.1 Å². The van der Waals surface area contributed by atoms with Crippen molar-refractivity contribution in [1.82, 2.24) is 10.2 Å². The average molecular weight is 327 g/mol. The summed E-state index contributed by atoms with van der Waals surface area (Å²) in [5.74, 6) is 0.383. The summed E-state index contributed by atoms with van der Waals surface area (Å²) in [5, 5.41) is 13.5. The maximum absolute atomic E-state index is 9.96. The first-order chi connectivity index (χ1) is 9.06. The molecular weight excluding hydrogens is 304 g/mol. The number of phenolic OH excluding ortho intramolecular Hbond substituents is 1. The van der Waals surface area contributed by atoms with Crippen molar-refractivity contribution in [3.05, 3.63) is 28.2 Å². The lowest BCUT2D eigenvalue weighted by molar-refractivity contribution is 0.192. The van der Waals surface area contributed by atoms with E-state index in [1.54, 1.807) is 6.07 Å². The highest BCUT2D eigenvalue weighted by Crippen LogP contribution is 2.24. The van der Waals surface area contributed by atoms with Gasteiger partial charge in [0.2, 0.25) is 0 Å². The Kier molecular flexibility index (Phi) is 5.25. The third kappa shape index (κ3) is 4.20. The molecule has 1 aromatic carbocycles. The summed E-state index contributed by atoms with van der Waals surface area (Å²) >= 11 is 3.47. The van der Waals surface area contributed by atoms with Crippen LogP contribution in [0.2, 0.25) is 0 Å².